The Hall–Kier alpha value is -5.07. The second kappa shape index (κ2) is 16.1. The summed E-state index contributed by atoms with van der Waals surface area (Å²) in [6.45, 7) is 2.06. The first-order valence-corrected chi connectivity index (χ1v) is 18.1. The molecular weight excluding hydrogens is 633 g/mol. The van der Waals surface area contributed by atoms with Crippen LogP contribution in [0.3, 0.4) is 0 Å². The molecule has 5 aromatic carbocycles. The van der Waals surface area contributed by atoms with Crippen molar-refractivity contribution >= 4 is 44.7 Å². The van der Waals surface area contributed by atoms with Crippen molar-refractivity contribution in [2.75, 3.05) is 76.0 Å². The SMILES string of the molecule is Cc1ccc(S(=O)C(C=C(c2ccc(N(C)C)cc2)c2ccc(N(C)C)cc2)C=C(c2ccc(N(C)C)cc2)c2ccc(N(C)C)cc2)cc1. The minimum Gasteiger partial charge on any atom is -0.378 e. The van der Waals surface area contributed by atoms with Crippen LogP contribution in [0.5, 0.6) is 0 Å². The first-order valence-electron chi connectivity index (χ1n) is 16.9. The summed E-state index contributed by atoms with van der Waals surface area (Å²) < 4.78 is 14.8. The van der Waals surface area contributed by atoms with E-state index in [1.165, 1.54) is 0 Å². The first-order chi connectivity index (χ1) is 23.9. The van der Waals surface area contributed by atoms with Crippen LogP contribution >= 0.6 is 0 Å². The molecule has 258 valence electrons. The Kier molecular flexibility index (Phi) is 11.7. The van der Waals surface area contributed by atoms with Gasteiger partial charge in [-0.1, -0.05) is 78.4 Å². The lowest BCUT2D eigenvalue weighted by molar-refractivity contribution is 0.682. The Morgan fingerprint density at radius 2 is 0.700 bits per heavy atom. The zero-order valence-corrected chi connectivity index (χ0v) is 31.7. The van der Waals surface area contributed by atoms with Crippen LogP contribution in [0.15, 0.2) is 138 Å². The minimum absolute atomic E-state index is 0.452. The predicted octanol–water partition coefficient (Wildman–Crippen LogP) is 9.00. The largest absolute Gasteiger partial charge is 0.378 e. The van der Waals surface area contributed by atoms with E-state index in [-0.39, 0.29) is 0 Å². The van der Waals surface area contributed by atoms with Crippen LogP contribution < -0.4 is 19.6 Å². The molecule has 0 aromatic heterocycles. The molecule has 50 heavy (non-hydrogen) atoms. The summed E-state index contributed by atoms with van der Waals surface area (Å²) in [5.41, 5.74) is 12.0. The van der Waals surface area contributed by atoms with Gasteiger partial charge in [0.2, 0.25) is 0 Å². The standard InChI is InChI=1S/C44H50N4OS/c1-32-10-28-41(29-11-32)50(49)42(30-43(33-12-20-37(21-13-33)45(2)3)34-14-22-38(23-15-34)46(4)5)31-44(35-16-24-39(25-17-35)47(6)7)36-18-26-40(27-19-36)48(8)9/h10-31,42H,1-9H3. The third kappa shape index (κ3) is 8.74. The highest BCUT2D eigenvalue weighted by atomic mass is 32.2. The fraction of sp³-hybridized carbons (Fsp3) is 0.227. The van der Waals surface area contributed by atoms with Crippen molar-refractivity contribution in [1.82, 2.24) is 0 Å². The summed E-state index contributed by atoms with van der Waals surface area (Å²) in [5, 5.41) is -0.452. The maximum Gasteiger partial charge on any atom is 0.0773 e. The Morgan fingerprint density at radius 3 is 0.940 bits per heavy atom. The number of rotatable bonds is 12. The fourth-order valence-corrected chi connectivity index (χ4v) is 7.04. The van der Waals surface area contributed by atoms with Crippen LogP contribution in [0, 0.1) is 6.92 Å². The van der Waals surface area contributed by atoms with Gasteiger partial charge in [-0.25, -0.2) is 0 Å². The smallest absolute Gasteiger partial charge is 0.0773 e. The van der Waals surface area contributed by atoms with Gasteiger partial charge in [0.1, 0.15) is 0 Å². The number of nitrogens with zero attached hydrogens (tertiary/aromatic N) is 4. The maximum atomic E-state index is 14.8. The summed E-state index contributed by atoms with van der Waals surface area (Å²) in [5.74, 6) is 0. The van der Waals surface area contributed by atoms with E-state index in [0.717, 1.165) is 66.6 Å². The number of aryl methyl sites for hydroxylation is 1. The summed E-state index contributed by atoms with van der Waals surface area (Å²) in [6.07, 6.45) is 4.40. The topological polar surface area (TPSA) is 30.0 Å². The zero-order valence-electron chi connectivity index (χ0n) is 30.9. The van der Waals surface area contributed by atoms with Crippen molar-refractivity contribution in [2.24, 2.45) is 0 Å². The lowest BCUT2D eigenvalue weighted by Gasteiger charge is -2.20. The first kappa shape index (κ1) is 36.2. The molecule has 0 saturated carbocycles. The van der Waals surface area contributed by atoms with E-state index in [0.29, 0.717) is 0 Å². The van der Waals surface area contributed by atoms with Gasteiger partial charge in [-0.05, 0) is 101 Å². The molecule has 6 heteroatoms. The number of benzene rings is 5. The summed E-state index contributed by atoms with van der Waals surface area (Å²) in [7, 11) is 15.0. The van der Waals surface area contributed by atoms with Crippen LogP contribution in [0.2, 0.25) is 0 Å². The van der Waals surface area contributed by atoms with Gasteiger partial charge in [0, 0.05) is 84.0 Å². The van der Waals surface area contributed by atoms with E-state index in [1.54, 1.807) is 0 Å². The molecule has 0 amide bonds. The maximum absolute atomic E-state index is 14.8. The summed E-state index contributed by atoms with van der Waals surface area (Å²) in [6, 6.07) is 42.5. The van der Waals surface area contributed by atoms with E-state index in [4.69, 9.17) is 0 Å². The molecule has 0 aliphatic heterocycles. The van der Waals surface area contributed by atoms with Gasteiger partial charge in [0.25, 0.3) is 0 Å². The van der Waals surface area contributed by atoms with Crippen molar-refractivity contribution in [2.45, 2.75) is 17.1 Å². The molecule has 1 unspecified atom stereocenters. The highest BCUT2D eigenvalue weighted by molar-refractivity contribution is 7.86. The van der Waals surface area contributed by atoms with Gasteiger partial charge < -0.3 is 19.6 Å². The van der Waals surface area contributed by atoms with Crippen molar-refractivity contribution in [3.63, 3.8) is 0 Å². The molecule has 0 aliphatic carbocycles. The summed E-state index contributed by atoms with van der Waals surface area (Å²) in [4.78, 5) is 9.21. The molecule has 5 nitrogen and oxygen atoms in total. The van der Waals surface area contributed by atoms with E-state index in [2.05, 4.69) is 192 Å². The van der Waals surface area contributed by atoms with Crippen LogP contribution in [0.1, 0.15) is 27.8 Å². The van der Waals surface area contributed by atoms with Gasteiger partial charge in [0.15, 0.2) is 0 Å². The van der Waals surface area contributed by atoms with Crippen molar-refractivity contribution in [3.05, 3.63) is 161 Å². The zero-order chi connectivity index (χ0) is 35.9. The second-order valence-corrected chi connectivity index (χ2v) is 15.1. The average molecular weight is 683 g/mol. The van der Waals surface area contributed by atoms with E-state index in [9.17, 15) is 4.21 Å². The number of hydrogen-bond acceptors (Lipinski definition) is 5. The monoisotopic (exact) mass is 682 g/mol. The van der Waals surface area contributed by atoms with Crippen LogP contribution in [0.4, 0.5) is 22.7 Å². The van der Waals surface area contributed by atoms with E-state index >= 15 is 0 Å². The summed E-state index contributed by atoms with van der Waals surface area (Å²) >= 11 is 0. The van der Waals surface area contributed by atoms with Gasteiger partial charge >= 0.3 is 0 Å². The van der Waals surface area contributed by atoms with Gasteiger partial charge in [-0.3, -0.25) is 4.21 Å². The third-order valence-corrected chi connectivity index (χ3v) is 10.4. The fourth-order valence-electron chi connectivity index (χ4n) is 5.80. The predicted molar refractivity (Wildman–Crippen MR) is 219 cm³/mol. The highest BCUT2D eigenvalue weighted by Gasteiger charge is 2.20. The molecule has 1 atom stereocenters. The Balaban J connectivity index is 1.76. The second-order valence-electron chi connectivity index (χ2n) is 13.5. The molecule has 0 fully saturated rings. The normalized spacial score (nSPS) is 11.5. The Bertz CT molecular complexity index is 1710. The Morgan fingerprint density at radius 1 is 0.440 bits per heavy atom. The van der Waals surface area contributed by atoms with Crippen LogP contribution in [-0.4, -0.2) is 65.8 Å². The van der Waals surface area contributed by atoms with Crippen molar-refractivity contribution in [3.8, 4) is 0 Å². The van der Waals surface area contributed by atoms with Crippen molar-refractivity contribution in [1.29, 1.82) is 0 Å². The lowest BCUT2D eigenvalue weighted by atomic mass is 9.93. The molecule has 5 rings (SSSR count). The Labute approximate surface area is 302 Å². The van der Waals surface area contributed by atoms with Crippen LogP contribution in [0.25, 0.3) is 11.1 Å². The molecule has 5 aromatic rings. The molecule has 0 heterocycles. The van der Waals surface area contributed by atoms with Crippen molar-refractivity contribution < 1.29 is 4.21 Å². The molecule has 0 radical (unpaired) electrons. The minimum atomic E-state index is -1.40. The average Bonchev–Trinajstić information content (AvgIpc) is 3.12. The third-order valence-electron chi connectivity index (χ3n) is 8.94. The molecular formula is C44H50N4OS. The van der Waals surface area contributed by atoms with E-state index < -0.39 is 16.0 Å². The molecule has 0 bridgehead atoms. The number of hydrogen-bond donors (Lipinski definition) is 0. The lowest BCUT2D eigenvalue weighted by Crippen LogP contribution is -2.13. The quantitative estimate of drug-likeness (QED) is 0.131. The van der Waals surface area contributed by atoms with Gasteiger partial charge in [-0.2, -0.15) is 0 Å². The van der Waals surface area contributed by atoms with E-state index in [1.807, 2.05) is 24.3 Å². The molecule has 0 N–H and O–H groups in total. The molecule has 0 aliphatic rings. The molecule has 0 spiro atoms. The van der Waals surface area contributed by atoms with Gasteiger partial charge in [-0.15, -0.1) is 0 Å². The van der Waals surface area contributed by atoms with Gasteiger partial charge in [0.05, 0.1) is 16.0 Å². The highest BCUT2D eigenvalue weighted by Crippen LogP contribution is 2.33. The number of anilines is 4. The molecule has 0 saturated heterocycles. The van der Waals surface area contributed by atoms with Crippen LogP contribution in [-0.2, 0) is 10.8 Å².